The summed E-state index contributed by atoms with van der Waals surface area (Å²) in [6.07, 6.45) is 5.58. The highest BCUT2D eigenvalue weighted by Gasteiger charge is 2.39. The van der Waals surface area contributed by atoms with E-state index in [1.54, 1.807) is 0 Å². The molecule has 7 heteroatoms. The van der Waals surface area contributed by atoms with Gasteiger partial charge in [0.05, 0.1) is 31.7 Å². The number of nitrogens with one attached hydrogen (secondary N) is 1. The molecule has 0 amide bonds. The van der Waals surface area contributed by atoms with Gasteiger partial charge < -0.3 is 14.4 Å². The standard InChI is InChI=1S/C17H29N5O2/c1-3-17(12-21(4-1)9-15-2-6-23-11-15)13-22(5-7-24-14-17)10-16-8-18-20-19-16/h8,15H,1-7,9-14H2,(H,18,19,20). The highest BCUT2D eigenvalue weighted by atomic mass is 16.5. The molecule has 1 aromatic heterocycles. The predicted octanol–water partition coefficient (Wildman–Crippen LogP) is 0.756. The first-order chi connectivity index (χ1) is 11.8. The maximum atomic E-state index is 6.02. The van der Waals surface area contributed by atoms with Gasteiger partial charge in [-0.05, 0) is 31.7 Å². The molecular weight excluding hydrogens is 306 g/mol. The summed E-state index contributed by atoms with van der Waals surface area (Å²) in [6, 6.07) is 0. The van der Waals surface area contributed by atoms with Gasteiger partial charge in [-0.25, -0.2) is 0 Å². The van der Waals surface area contributed by atoms with Crippen LogP contribution in [0.15, 0.2) is 6.20 Å². The summed E-state index contributed by atoms with van der Waals surface area (Å²) in [5.74, 6) is 0.720. The maximum Gasteiger partial charge on any atom is 0.0964 e. The number of nitrogens with zero attached hydrogens (tertiary/aromatic N) is 4. The van der Waals surface area contributed by atoms with Crippen LogP contribution in [0.2, 0.25) is 0 Å². The van der Waals surface area contributed by atoms with Gasteiger partial charge in [-0.2, -0.15) is 15.4 Å². The molecule has 7 nitrogen and oxygen atoms in total. The summed E-state index contributed by atoms with van der Waals surface area (Å²) < 4.78 is 11.6. The minimum absolute atomic E-state index is 0.262. The maximum absolute atomic E-state index is 6.02. The summed E-state index contributed by atoms with van der Waals surface area (Å²) in [6.45, 7) is 10.1. The van der Waals surface area contributed by atoms with E-state index in [0.29, 0.717) is 0 Å². The van der Waals surface area contributed by atoms with Crippen molar-refractivity contribution in [1.29, 1.82) is 0 Å². The first-order valence-electron chi connectivity index (χ1n) is 9.26. The Bertz CT molecular complexity index is 505. The van der Waals surface area contributed by atoms with Crippen molar-refractivity contribution in [3.63, 3.8) is 0 Å². The number of aromatic nitrogens is 3. The van der Waals surface area contributed by atoms with Crippen LogP contribution in [0.4, 0.5) is 0 Å². The van der Waals surface area contributed by atoms with Gasteiger partial charge in [0.1, 0.15) is 0 Å². The van der Waals surface area contributed by atoms with Crippen LogP contribution in [0.1, 0.15) is 25.0 Å². The second-order valence-electron chi connectivity index (χ2n) is 7.79. The lowest BCUT2D eigenvalue weighted by atomic mass is 9.79. The molecule has 3 saturated heterocycles. The van der Waals surface area contributed by atoms with Crippen molar-refractivity contribution in [2.75, 3.05) is 59.2 Å². The summed E-state index contributed by atoms with van der Waals surface area (Å²) in [7, 11) is 0. The molecule has 3 aliphatic heterocycles. The molecule has 4 rings (SSSR count). The summed E-state index contributed by atoms with van der Waals surface area (Å²) >= 11 is 0. The third-order valence-corrected chi connectivity index (χ3v) is 5.65. The van der Waals surface area contributed by atoms with E-state index in [2.05, 4.69) is 25.2 Å². The first kappa shape index (κ1) is 16.4. The van der Waals surface area contributed by atoms with Crippen LogP contribution < -0.4 is 0 Å². The van der Waals surface area contributed by atoms with Crippen LogP contribution in [0.5, 0.6) is 0 Å². The van der Waals surface area contributed by atoms with Crippen LogP contribution in [0, 0.1) is 11.3 Å². The van der Waals surface area contributed by atoms with Gasteiger partial charge >= 0.3 is 0 Å². The van der Waals surface area contributed by atoms with Crippen LogP contribution in [-0.4, -0.2) is 84.4 Å². The minimum Gasteiger partial charge on any atom is -0.381 e. The zero-order valence-corrected chi connectivity index (χ0v) is 14.5. The molecule has 0 aliphatic carbocycles. The molecule has 1 N–H and O–H groups in total. The number of hydrogen-bond acceptors (Lipinski definition) is 6. The highest BCUT2D eigenvalue weighted by Crippen LogP contribution is 2.34. The number of ether oxygens (including phenoxy) is 2. The lowest BCUT2D eigenvalue weighted by molar-refractivity contribution is -0.0000101. The van der Waals surface area contributed by atoms with Crippen LogP contribution in [-0.2, 0) is 16.0 Å². The van der Waals surface area contributed by atoms with E-state index in [0.717, 1.165) is 64.2 Å². The lowest BCUT2D eigenvalue weighted by Gasteiger charge is -2.44. The monoisotopic (exact) mass is 335 g/mol. The van der Waals surface area contributed by atoms with Crippen molar-refractivity contribution in [3.05, 3.63) is 11.9 Å². The Hall–Kier alpha value is -1.02. The molecular formula is C17H29N5O2. The Morgan fingerprint density at radius 2 is 2.17 bits per heavy atom. The second-order valence-corrected chi connectivity index (χ2v) is 7.79. The van der Waals surface area contributed by atoms with Gasteiger partial charge in [0, 0.05) is 44.7 Å². The van der Waals surface area contributed by atoms with E-state index in [-0.39, 0.29) is 5.41 Å². The van der Waals surface area contributed by atoms with E-state index in [9.17, 15) is 0 Å². The van der Waals surface area contributed by atoms with Crippen molar-refractivity contribution in [3.8, 4) is 0 Å². The van der Waals surface area contributed by atoms with E-state index < -0.39 is 0 Å². The number of H-pyrrole nitrogens is 1. The SMILES string of the molecule is c1n[nH]nc1CN1CCOCC2(CCCN(CC3CCOC3)C2)C1. The van der Waals surface area contributed by atoms with Crippen LogP contribution in [0.3, 0.4) is 0 Å². The molecule has 134 valence electrons. The van der Waals surface area contributed by atoms with E-state index >= 15 is 0 Å². The van der Waals surface area contributed by atoms with Gasteiger partial charge in [0.2, 0.25) is 0 Å². The average Bonchev–Trinajstić information content (AvgIpc) is 3.22. The van der Waals surface area contributed by atoms with E-state index in [1.807, 2.05) is 6.20 Å². The molecule has 1 aromatic rings. The normalized spacial score (nSPS) is 33.1. The molecule has 4 heterocycles. The minimum atomic E-state index is 0.262. The predicted molar refractivity (Wildman–Crippen MR) is 89.5 cm³/mol. The summed E-state index contributed by atoms with van der Waals surface area (Å²) in [5, 5.41) is 10.9. The average molecular weight is 335 g/mol. The van der Waals surface area contributed by atoms with Crippen molar-refractivity contribution in [2.45, 2.75) is 25.8 Å². The molecule has 3 fully saturated rings. The molecule has 0 aromatic carbocycles. The van der Waals surface area contributed by atoms with Crippen molar-refractivity contribution in [2.24, 2.45) is 11.3 Å². The largest absolute Gasteiger partial charge is 0.381 e. The smallest absolute Gasteiger partial charge is 0.0964 e. The van der Waals surface area contributed by atoms with Gasteiger partial charge in [0.25, 0.3) is 0 Å². The number of hydrogen-bond donors (Lipinski definition) is 1. The molecule has 0 bridgehead atoms. The van der Waals surface area contributed by atoms with Gasteiger partial charge in [-0.3, -0.25) is 4.90 Å². The zero-order valence-electron chi connectivity index (χ0n) is 14.5. The number of aromatic amines is 1. The zero-order chi connectivity index (χ0) is 16.2. The fourth-order valence-corrected chi connectivity index (χ4v) is 4.55. The molecule has 3 aliphatic rings. The Kier molecular flexibility index (Phi) is 5.12. The van der Waals surface area contributed by atoms with Gasteiger partial charge in [-0.15, -0.1) is 0 Å². The van der Waals surface area contributed by atoms with E-state index in [4.69, 9.17) is 9.47 Å². The highest BCUT2D eigenvalue weighted by molar-refractivity contribution is 4.95. The lowest BCUT2D eigenvalue weighted by Crippen LogP contribution is -2.51. The summed E-state index contributed by atoms with van der Waals surface area (Å²) in [5.41, 5.74) is 1.28. The number of likely N-dealkylation sites (tertiary alicyclic amines) is 1. The molecule has 1 spiro atoms. The Labute approximate surface area is 143 Å². The Balaban J connectivity index is 1.39. The molecule has 24 heavy (non-hydrogen) atoms. The quantitative estimate of drug-likeness (QED) is 0.876. The number of rotatable bonds is 4. The Morgan fingerprint density at radius 1 is 1.21 bits per heavy atom. The van der Waals surface area contributed by atoms with Crippen LogP contribution >= 0.6 is 0 Å². The van der Waals surface area contributed by atoms with Gasteiger partial charge in [0.15, 0.2) is 0 Å². The topological polar surface area (TPSA) is 66.5 Å². The fraction of sp³-hybridized carbons (Fsp3) is 0.882. The third-order valence-electron chi connectivity index (χ3n) is 5.65. The number of piperidine rings is 1. The van der Waals surface area contributed by atoms with Crippen LogP contribution in [0.25, 0.3) is 0 Å². The van der Waals surface area contributed by atoms with Gasteiger partial charge in [-0.1, -0.05) is 0 Å². The fourth-order valence-electron chi connectivity index (χ4n) is 4.55. The van der Waals surface area contributed by atoms with Crippen molar-refractivity contribution < 1.29 is 9.47 Å². The van der Waals surface area contributed by atoms with Crippen molar-refractivity contribution >= 4 is 0 Å². The molecule has 2 unspecified atom stereocenters. The summed E-state index contributed by atoms with van der Waals surface area (Å²) in [4.78, 5) is 5.15. The molecule has 0 radical (unpaired) electrons. The second kappa shape index (κ2) is 7.47. The molecule has 2 atom stereocenters. The Morgan fingerprint density at radius 3 is 3.00 bits per heavy atom. The molecule has 0 saturated carbocycles. The third kappa shape index (κ3) is 3.96. The van der Waals surface area contributed by atoms with Crippen molar-refractivity contribution in [1.82, 2.24) is 25.2 Å². The first-order valence-corrected chi connectivity index (χ1v) is 9.26. The van der Waals surface area contributed by atoms with E-state index in [1.165, 1.54) is 32.4 Å².